The van der Waals surface area contributed by atoms with Crippen LogP contribution in [-0.2, 0) is 13.5 Å². The molecule has 0 spiro atoms. The number of aromatic nitrogens is 3. The lowest BCUT2D eigenvalue weighted by Crippen LogP contribution is -1.96. The minimum atomic E-state index is 0.423. The van der Waals surface area contributed by atoms with E-state index in [1.165, 1.54) is 0 Å². The molecule has 0 atom stereocenters. The van der Waals surface area contributed by atoms with Crippen molar-refractivity contribution in [1.82, 2.24) is 14.5 Å². The zero-order chi connectivity index (χ0) is 19.5. The van der Waals surface area contributed by atoms with Crippen molar-refractivity contribution in [3.05, 3.63) is 71.0 Å². The standard InChI is InChI=1S/C22H17ClN4O/c1-27-14-25-12-22(27)21-10-16(5-4-15-6-8-28-13-15)18-9-17(3-2-7-24)19(23)11-20(18)26-21/h4-6,8-14H,2-3H2,1H3. The quantitative estimate of drug-likeness (QED) is 0.452. The Morgan fingerprint density at radius 2 is 2.18 bits per heavy atom. The molecule has 0 bridgehead atoms. The molecule has 3 aromatic heterocycles. The largest absolute Gasteiger partial charge is 0.472 e. The minimum Gasteiger partial charge on any atom is -0.472 e. The van der Waals surface area contributed by atoms with Crippen LogP contribution in [0.4, 0.5) is 0 Å². The van der Waals surface area contributed by atoms with Gasteiger partial charge in [-0.05, 0) is 41.8 Å². The Morgan fingerprint density at radius 1 is 1.29 bits per heavy atom. The molecule has 4 aromatic rings. The number of pyridine rings is 1. The number of aryl methyl sites for hydroxylation is 2. The van der Waals surface area contributed by atoms with Gasteiger partial charge in [-0.15, -0.1) is 0 Å². The van der Waals surface area contributed by atoms with Gasteiger partial charge in [-0.1, -0.05) is 23.8 Å². The maximum Gasteiger partial charge on any atom is 0.0974 e. The minimum absolute atomic E-state index is 0.423. The molecule has 1 aromatic carbocycles. The molecule has 0 aliphatic heterocycles. The second kappa shape index (κ2) is 7.71. The fourth-order valence-corrected chi connectivity index (χ4v) is 3.38. The fourth-order valence-electron chi connectivity index (χ4n) is 3.13. The SMILES string of the molecule is Cn1cncc1-c1cc(C=Cc2ccoc2)c2cc(CCC#N)c(Cl)cc2n1. The van der Waals surface area contributed by atoms with E-state index in [1.807, 2.05) is 48.0 Å². The molecule has 0 saturated carbocycles. The number of nitriles is 1. The van der Waals surface area contributed by atoms with Crippen LogP contribution in [0.25, 0.3) is 34.4 Å². The highest BCUT2D eigenvalue weighted by molar-refractivity contribution is 6.32. The normalized spacial score (nSPS) is 11.3. The van der Waals surface area contributed by atoms with E-state index in [4.69, 9.17) is 26.3 Å². The third-order valence-corrected chi connectivity index (χ3v) is 4.94. The van der Waals surface area contributed by atoms with Crippen LogP contribution in [0.3, 0.4) is 0 Å². The molecule has 0 unspecified atom stereocenters. The van der Waals surface area contributed by atoms with Crippen LogP contribution < -0.4 is 0 Å². The summed E-state index contributed by atoms with van der Waals surface area (Å²) >= 11 is 6.46. The number of halogens is 1. The Morgan fingerprint density at radius 3 is 2.89 bits per heavy atom. The first kappa shape index (κ1) is 18.0. The van der Waals surface area contributed by atoms with E-state index in [9.17, 15) is 0 Å². The van der Waals surface area contributed by atoms with Crippen LogP contribution in [0.1, 0.15) is 23.1 Å². The number of nitrogens with zero attached hydrogens (tertiary/aromatic N) is 4. The first-order chi connectivity index (χ1) is 13.7. The highest BCUT2D eigenvalue weighted by atomic mass is 35.5. The Balaban J connectivity index is 1.90. The van der Waals surface area contributed by atoms with Gasteiger partial charge in [0, 0.05) is 29.4 Å². The Labute approximate surface area is 167 Å². The molecule has 138 valence electrons. The molecule has 0 saturated heterocycles. The number of rotatable bonds is 5. The zero-order valence-corrected chi connectivity index (χ0v) is 16.0. The average Bonchev–Trinajstić information content (AvgIpc) is 3.36. The summed E-state index contributed by atoms with van der Waals surface area (Å²) in [6, 6.07) is 10.0. The summed E-state index contributed by atoms with van der Waals surface area (Å²) in [7, 11) is 1.94. The number of hydrogen-bond donors (Lipinski definition) is 0. The second-order valence-electron chi connectivity index (χ2n) is 6.50. The van der Waals surface area contributed by atoms with E-state index >= 15 is 0 Å². The summed E-state index contributed by atoms with van der Waals surface area (Å²) in [5.74, 6) is 0. The molecule has 0 aliphatic carbocycles. The van der Waals surface area contributed by atoms with Crippen molar-refractivity contribution in [2.75, 3.05) is 0 Å². The van der Waals surface area contributed by atoms with E-state index in [0.717, 1.165) is 39.0 Å². The molecular weight excluding hydrogens is 372 g/mol. The monoisotopic (exact) mass is 388 g/mol. The van der Waals surface area contributed by atoms with Crippen molar-refractivity contribution in [3.63, 3.8) is 0 Å². The Bertz CT molecular complexity index is 1200. The van der Waals surface area contributed by atoms with Gasteiger partial charge in [-0.2, -0.15) is 5.26 Å². The van der Waals surface area contributed by atoms with Crippen molar-refractivity contribution < 1.29 is 4.42 Å². The molecular formula is C22H17ClN4O. The number of hydrogen-bond acceptors (Lipinski definition) is 4. The highest BCUT2D eigenvalue weighted by Crippen LogP contribution is 2.30. The van der Waals surface area contributed by atoms with Gasteiger partial charge in [-0.3, -0.25) is 0 Å². The molecule has 4 rings (SSSR count). The molecule has 0 radical (unpaired) electrons. The second-order valence-corrected chi connectivity index (χ2v) is 6.90. The van der Waals surface area contributed by atoms with Crippen molar-refractivity contribution in [1.29, 1.82) is 5.26 Å². The summed E-state index contributed by atoms with van der Waals surface area (Å²) in [4.78, 5) is 9.00. The molecule has 5 nitrogen and oxygen atoms in total. The highest BCUT2D eigenvalue weighted by Gasteiger charge is 2.12. The van der Waals surface area contributed by atoms with Gasteiger partial charge in [0.1, 0.15) is 0 Å². The number of benzene rings is 1. The van der Waals surface area contributed by atoms with Crippen LogP contribution in [0.2, 0.25) is 5.02 Å². The third-order valence-electron chi connectivity index (χ3n) is 4.59. The maximum atomic E-state index is 8.91. The predicted octanol–water partition coefficient (Wildman–Crippen LogP) is 5.51. The van der Waals surface area contributed by atoms with E-state index in [0.29, 0.717) is 17.9 Å². The number of furan rings is 1. The van der Waals surface area contributed by atoms with Crippen LogP contribution in [-0.4, -0.2) is 14.5 Å². The summed E-state index contributed by atoms with van der Waals surface area (Å²) in [5.41, 5.74) is 5.48. The van der Waals surface area contributed by atoms with E-state index in [2.05, 4.69) is 11.1 Å². The van der Waals surface area contributed by atoms with Crippen molar-refractivity contribution in [2.24, 2.45) is 7.05 Å². The predicted molar refractivity (Wildman–Crippen MR) is 111 cm³/mol. The van der Waals surface area contributed by atoms with Crippen molar-refractivity contribution in [3.8, 4) is 17.5 Å². The third kappa shape index (κ3) is 3.55. The summed E-state index contributed by atoms with van der Waals surface area (Å²) in [6.45, 7) is 0. The van der Waals surface area contributed by atoms with E-state index in [1.54, 1.807) is 25.1 Å². The van der Waals surface area contributed by atoms with Crippen molar-refractivity contribution in [2.45, 2.75) is 12.8 Å². The molecule has 28 heavy (non-hydrogen) atoms. The molecule has 0 amide bonds. The van der Waals surface area contributed by atoms with E-state index < -0.39 is 0 Å². The van der Waals surface area contributed by atoms with Crippen LogP contribution in [0, 0.1) is 11.3 Å². The van der Waals surface area contributed by atoms with Gasteiger partial charge in [0.05, 0.1) is 48.0 Å². The first-order valence-corrected chi connectivity index (χ1v) is 9.20. The van der Waals surface area contributed by atoms with Crippen molar-refractivity contribution >= 4 is 34.7 Å². The summed E-state index contributed by atoms with van der Waals surface area (Å²) in [6.07, 6.45) is 11.9. The fraction of sp³-hybridized carbons (Fsp3) is 0.136. The molecule has 0 aliphatic rings. The zero-order valence-electron chi connectivity index (χ0n) is 15.3. The topological polar surface area (TPSA) is 67.6 Å². The maximum absolute atomic E-state index is 8.91. The van der Waals surface area contributed by atoms with Gasteiger partial charge < -0.3 is 8.98 Å². The lowest BCUT2D eigenvalue weighted by molar-refractivity contribution is 0.567. The van der Waals surface area contributed by atoms with Gasteiger partial charge in [-0.25, -0.2) is 9.97 Å². The van der Waals surface area contributed by atoms with Gasteiger partial charge in [0.2, 0.25) is 0 Å². The average molecular weight is 389 g/mol. The Hall–Kier alpha value is -3.36. The molecule has 0 fully saturated rings. The number of fused-ring (bicyclic) bond motifs is 1. The smallest absolute Gasteiger partial charge is 0.0974 e. The van der Waals surface area contributed by atoms with E-state index in [-0.39, 0.29) is 0 Å². The lowest BCUT2D eigenvalue weighted by atomic mass is 10.0. The van der Waals surface area contributed by atoms with Gasteiger partial charge in [0.25, 0.3) is 0 Å². The summed E-state index contributed by atoms with van der Waals surface area (Å²) in [5, 5.41) is 10.5. The van der Waals surface area contributed by atoms with Crippen LogP contribution in [0.15, 0.2) is 53.7 Å². The first-order valence-electron chi connectivity index (χ1n) is 8.83. The van der Waals surface area contributed by atoms with Gasteiger partial charge in [0.15, 0.2) is 0 Å². The lowest BCUT2D eigenvalue weighted by Gasteiger charge is -2.11. The number of imidazole rings is 1. The van der Waals surface area contributed by atoms with Crippen LogP contribution in [0.5, 0.6) is 0 Å². The molecule has 0 N–H and O–H groups in total. The molecule has 6 heteroatoms. The van der Waals surface area contributed by atoms with Gasteiger partial charge >= 0.3 is 0 Å². The Kier molecular flexibility index (Phi) is 4.96. The van der Waals surface area contributed by atoms with Crippen LogP contribution >= 0.6 is 11.6 Å². The summed E-state index contributed by atoms with van der Waals surface area (Å²) < 4.78 is 7.08. The molecule has 3 heterocycles.